The topological polar surface area (TPSA) is 53.0 Å². The number of piperidine rings is 1. The van der Waals surface area contributed by atoms with Crippen LogP contribution >= 0.6 is 0 Å². The second-order valence-electron chi connectivity index (χ2n) is 6.22. The van der Waals surface area contributed by atoms with Gasteiger partial charge in [-0.15, -0.1) is 0 Å². The predicted molar refractivity (Wildman–Crippen MR) is 73.3 cm³/mol. The lowest BCUT2D eigenvalue weighted by Crippen LogP contribution is -2.53. The maximum Gasteiger partial charge on any atom is 0.313 e. The van der Waals surface area contributed by atoms with Gasteiger partial charge in [0.05, 0.1) is 6.61 Å². The fraction of sp³-hybridized carbons (Fsp3) is 0.929. The number of hydrogen-bond acceptors (Lipinski definition) is 4. The number of aliphatic carboxylic acids is 1. The lowest BCUT2D eigenvalue weighted by atomic mass is 9.81. The molecule has 110 valence electrons. The third-order valence-corrected chi connectivity index (χ3v) is 4.55. The van der Waals surface area contributed by atoms with Gasteiger partial charge in [-0.25, -0.2) is 0 Å². The van der Waals surface area contributed by atoms with Gasteiger partial charge in [0, 0.05) is 25.7 Å². The minimum atomic E-state index is -0.705. The van der Waals surface area contributed by atoms with E-state index in [4.69, 9.17) is 4.74 Å². The van der Waals surface area contributed by atoms with Gasteiger partial charge in [0.1, 0.15) is 5.41 Å². The third-order valence-electron chi connectivity index (χ3n) is 4.55. The normalized spacial score (nSPS) is 33.5. The van der Waals surface area contributed by atoms with E-state index in [1.54, 1.807) is 0 Å². The molecule has 5 heteroatoms. The van der Waals surface area contributed by atoms with E-state index >= 15 is 0 Å². The number of likely N-dealkylation sites (N-methyl/N-ethyl adjacent to an activating group) is 2. The molecular formula is C14H26N2O3. The second-order valence-corrected chi connectivity index (χ2v) is 6.22. The molecule has 2 saturated heterocycles. The highest BCUT2D eigenvalue weighted by molar-refractivity contribution is 5.75. The zero-order chi connectivity index (χ0) is 13.9. The van der Waals surface area contributed by atoms with Crippen molar-refractivity contribution in [1.82, 2.24) is 9.80 Å². The molecule has 0 saturated carbocycles. The Balaban J connectivity index is 1.98. The quantitative estimate of drug-likeness (QED) is 0.822. The number of ether oxygens (including phenoxy) is 1. The van der Waals surface area contributed by atoms with Gasteiger partial charge in [-0.3, -0.25) is 4.79 Å². The van der Waals surface area contributed by atoms with Gasteiger partial charge >= 0.3 is 5.97 Å². The number of hydrogen-bond donors (Lipinski definition) is 1. The van der Waals surface area contributed by atoms with Crippen LogP contribution in [0.2, 0.25) is 0 Å². The van der Waals surface area contributed by atoms with Crippen LogP contribution in [0.4, 0.5) is 0 Å². The largest absolute Gasteiger partial charge is 0.481 e. The average Bonchev–Trinajstić information content (AvgIpc) is 2.39. The van der Waals surface area contributed by atoms with Gasteiger partial charge in [-0.2, -0.15) is 0 Å². The molecule has 2 fully saturated rings. The van der Waals surface area contributed by atoms with Crippen molar-refractivity contribution in [3.8, 4) is 0 Å². The summed E-state index contributed by atoms with van der Waals surface area (Å²) < 4.78 is 5.44. The molecule has 1 N–H and O–H groups in total. The maximum atomic E-state index is 11.6. The number of likely N-dealkylation sites (tertiary alicyclic amines) is 1. The molecule has 2 rings (SSSR count). The maximum absolute atomic E-state index is 11.6. The van der Waals surface area contributed by atoms with E-state index in [1.165, 1.54) is 6.42 Å². The molecule has 2 atom stereocenters. The predicted octanol–water partition coefficient (Wildman–Crippen LogP) is 0.894. The van der Waals surface area contributed by atoms with E-state index in [0.29, 0.717) is 25.8 Å². The molecule has 2 heterocycles. The lowest BCUT2D eigenvalue weighted by molar-refractivity contribution is -0.159. The zero-order valence-corrected chi connectivity index (χ0v) is 12.1. The Bertz CT molecular complexity index is 316. The van der Waals surface area contributed by atoms with Crippen molar-refractivity contribution in [2.45, 2.75) is 31.7 Å². The summed E-state index contributed by atoms with van der Waals surface area (Å²) >= 11 is 0. The van der Waals surface area contributed by atoms with Crippen molar-refractivity contribution in [1.29, 1.82) is 0 Å². The zero-order valence-electron chi connectivity index (χ0n) is 12.1. The SMILES string of the molecule is CN1CCCC(N(C)CC2(C(=O)O)CCCOC2)C1. The van der Waals surface area contributed by atoms with Gasteiger partial charge in [0.2, 0.25) is 0 Å². The fourth-order valence-corrected chi connectivity index (χ4v) is 3.32. The molecule has 0 aliphatic carbocycles. The van der Waals surface area contributed by atoms with Crippen molar-refractivity contribution in [2.24, 2.45) is 5.41 Å². The van der Waals surface area contributed by atoms with E-state index in [9.17, 15) is 9.90 Å². The molecule has 0 aromatic rings. The minimum Gasteiger partial charge on any atom is -0.481 e. The Labute approximate surface area is 115 Å². The van der Waals surface area contributed by atoms with E-state index in [-0.39, 0.29) is 0 Å². The van der Waals surface area contributed by atoms with Gasteiger partial charge in [0.25, 0.3) is 0 Å². The van der Waals surface area contributed by atoms with Crippen molar-refractivity contribution < 1.29 is 14.6 Å². The van der Waals surface area contributed by atoms with Crippen LogP contribution in [0.15, 0.2) is 0 Å². The molecular weight excluding hydrogens is 244 g/mol. The standard InChI is InChI=1S/C14H26N2O3/c1-15-7-3-5-12(9-15)16(2)10-14(13(17)18)6-4-8-19-11-14/h12H,3-11H2,1-2H3,(H,17,18). The monoisotopic (exact) mass is 270 g/mol. The summed E-state index contributed by atoms with van der Waals surface area (Å²) in [5, 5.41) is 9.57. The van der Waals surface area contributed by atoms with Crippen LogP contribution in [0, 0.1) is 5.41 Å². The van der Waals surface area contributed by atoms with Gasteiger partial charge in [-0.05, 0) is 46.3 Å². The first kappa shape index (κ1) is 14.8. The van der Waals surface area contributed by atoms with E-state index in [2.05, 4.69) is 23.9 Å². The second kappa shape index (κ2) is 6.20. The Hall–Kier alpha value is -0.650. The average molecular weight is 270 g/mol. The first-order valence-electron chi connectivity index (χ1n) is 7.23. The molecule has 5 nitrogen and oxygen atoms in total. The summed E-state index contributed by atoms with van der Waals surface area (Å²) in [6.45, 7) is 3.84. The molecule has 0 amide bonds. The van der Waals surface area contributed by atoms with Crippen LogP contribution in [-0.2, 0) is 9.53 Å². The van der Waals surface area contributed by atoms with Crippen molar-refractivity contribution in [2.75, 3.05) is 46.9 Å². The van der Waals surface area contributed by atoms with Crippen LogP contribution in [0.5, 0.6) is 0 Å². The van der Waals surface area contributed by atoms with Crippen molar-refractivity contribution in [3.05, 3.63) is 0 Å². The molecule has 0 radical (unpaired) electrons. The van der Waals surface area contributed by atoms with Gasteiger partial charge < -0.3 is 19.6 Å². The Kier molecular flexibility index (Phi) is 4.81. The third kappa shape index (κ3) is 3.46. The van der Waals surface area contributed by atoms with Crippen LogP contribution in [0.3, 0.4) is 0 Å². The molecule has 0 bridgehead atoms. The number of nitrogens with zero attached hydrogens (tertiary/aromatic N) is 2. The highest BCUT2D eigenvalue weighted by Crippen LogP contribution is 2.31. The highest BCUT2D eigenvalue weighted by Gasteiger charge is 2.42. The Morgan fingerprint density at radius 1 is 1.53 bits per heavy atom. The van der Waals surface area contributed by atoms with E-state index in [1.807, 2.05) is 0 Å². The first-order chi connectivity index (χ1) is 9.03. The summed E-state index contributed by atoms with van der Waals surface area (Å²) in [7, 11) is 4.19. The molecule has 2 aliphatic heterocycles. The fourth-order valence-electron chi connectivity index (χ4n) is 3.32. The number of carboxylic acids is 1. The Morgan fingerprint density at radius 3 is 2.89 bits per heavy atom. The van der Waals surface area contributed by atoms with Crippen molar-refractivity contribution >= 4 is 5.97 Å². The van der Waals surface area contributed by atoms with Crippen molar-refractivity contribution in [3.63, 3.8) is 0 Å². The molecule has 19 heavy (non-hydrogen) atoms. The summed E-state index contributed by atoms with van der Waals surface area (Å²) in [4.78, 5) is 16.2. The smallest absolute Gasteiger partial charge is 0.313 e. The van der Waals surface area contributed by atoms with Gasteiger partial charge in [-0.1, -0.05) is 0 Å². The highest BCUT2D eigenvalue weighted by atomic mass is 16.5. The Morgan fingerprint density at radius 2 is 2.32 bits per heavy atom. The van der Waals surface area contributed by atoms with E-state index in [0.717, 1.165) is 32.4 Å². The molecule has 0 aromatic carbocycles. The number of carbonyl (C=O) groups is 1. The lowest BCUT2D eigenvalue weighted by Gasteiger charge is -2.41. The van der Waals surface area contributed by atoms with Crippen LogP contribution in [0.1, 0.15) is 25.7 Å². The summed E-state index contributed by atoms with van der Waals surface area (Å²) in [5.74, 6) is -0.705. The molecule has 0 aromatic heterocycles. The number of rotatable bonds is 4. The van der Waals surface area contributed by atoms with Crippen LogP contribution < -0.4 is 0 Å². The van der Waals surface area contributed by atoms with Crippen LogP contribution in [-0.4, -0.2) is 73.9 Å². The summed E-state index contributed by atoms with van der Waals surface area (Å²) in [6, 6.07) is 0.469. The summed E-state index contributed by atoms with van der Waals surface area (Å²) in [6.07, 6.45) is 3.94. The summed E-state index contributed by atoms with van der Waals surface area (Å²) in [5.41, 5.74) is -0.705. The molecule has 2 unspecified atom stereocenters. The molecule has 0 spiro atoms. The number of carboxylic acid groups (broad SMARTS) is 1. The van der Waals surface area contributed by atoms with Gasteiger partial charge in [0.15, 0.2) is 0 Å². The van der Waals surface area contributed by atoms with Crippen LogP contribution in [0.25, 0.3) is 0 Å². The first-order valence-corrected chi connectivity index (χ1v) is 7.23. The minimum absolute atomic E-state index is 0.356. The van der Waals surface area contributed by atoms with E-state index < -0.39 is 11.4 Å². The molecule has 2 aliphatic rings.